The third-order valence-corrected chi connectivity index (χ3v) is 2.46. The first-order chi connectivity index (χ1) is 6.77. The van der Waals surface area contributed by atoms with Gasteiger partial charge in [0.05, 0.1) is 6.26 Å². The maximum atomic E-state index is 11.6. The molecule has 0 radical (unpaired) electrons. The molecule has 1 aliphatic heterocycles. The van der Waals surface area contributed by atoms with Crippen LogP contribution >= 0.6 is 0 Å². The summed E-state index contributed by atoms with van der Waals surface area (Å²) in [5.74, 6) is 0.318. The Bertz CT molecular complexity index is 327. The first-order valence-electron chi connectivity index (χ1n) is 4.83. The summed E-state index contributed by atoms with van der Waals surface area (Å²) in [4.78, 5) is 11.6. The summed E-state index contributed by atoms with van der Waals surface area (Å²) in [6.07, 6.45) is 2.53. The van der Waals surface area contributed by atoms with Gasteiger partial charge in [-0.2, -0.15) is 0 Å². The molecule has 2 N–H and O–H groups in total. The molecule has 0 unspecified atom stereocenters. The molecule has 0 spiro atoms. The number of carbonyl (C=O) groups is 1. The maximum absolute atomic E-state index is 11.6. The summed E-state index contributed by atoms with van der Waals surface area (Å²) in [6.45, 7) is 3.69. The van der Waals surface area contributed by atoms with Gasteiger partial charge in [-0.15, -0.1) is 0 Å². The van der Waals surface area contributed by atoms with E-state index in [1.165, 1.54) is 6.26 Å². The van der Waals surface area contributed by atoms with E-state index in [0.717, 1.165) is 25.1 Å². The highest BCUT2D eigenvalue weighted by Crippen LogP contribution is 2.09. The van der Waals surface area contributed by atoms with E-state index in [0.29, 0.717) is 5.76 Å². The molecule has 4 heteroatoms. The summed E-state index contributed by atoms with van der Waals surface area (Å²) < 4.78 is 5.10. The fourth-order valence-corrected chi connectivity index (χ4v) is 1.63. The lowest BCUT2D eigenvalue weighted by Gasteiger charge is -2.09. The largest absolute Gasteiger partial charge is 0.459 e. The Hall–Kier alpha value is -1.29. The number of hydrogen-bond acceptors (Lipinski definition) is 3. The second kappa shape index (κ2) is 3.84. The Labute approximate surface area is 82.7 Å². The van der Waals surface area contributed by atoms with Crippen LogP contribution < -0.4 is 10.6 Å². The summed E-state index contributed by atoms with van der Waals surface area (Å²) in [5, 5.41) is 6.12. The molecule has 2 heterocycles. The van der Waals surface area contributed by atoms with Crippen molar-refractivity contribution in [3.63, 3.8) is 0 Å². The second-order valence-electron chi connectivity index (χ2n) is 3.60. The molecule has 0 saturated carbocycles. The lowest BCUT2D eigenvalue weighted by molar-refractivity contribution is 0.0911. The normalized spacial score (nSPS) is 21.1. The van der Waals surface area contributed by atoms with Crippen LogP contribution in [0, 0.1) is 6.92 Å². The predicted molar refractivity (Wildman–Crippen MR) is 52.2 cm³/mol. The Kier molecular flexibility index (Phi) is 2.54. The fourth-order valence-electron chi connectivity index (χ4n) is 1.63. The van der Waals surface area contributed by atoms with Crippen LogP contribution in [0.3, 0.4) is 0 Å². The van der Waals surface area contributed by atoms with Gasteiger partial charge in [0, 0.05) is 18.2 Å². The highest BCUT2D eigenvalue weighted by Gasteiger charge is 2.19. The van der Waals surface area contributed by atoms with Crippen molar-refractivity contribution in [1.29, 1.82) is 0 Å². The molecule has 0 aromatic carbocycles. The van der Waals surface area contributed by atoms with Crippen LogP contribution in [0.25, 0.3) is 0 Å². The molecule has 1 fully saturated rings. The van der Waals surface area contributed by atoms with Gasteiger partial charge in [-0.1, -0.05) is 0 Å². The number of hydrogen-bond donors (Lipinski definition) is 2. The van der Waals surface area contributed by atoms with Crippen LogP contribution in [0.2, 0.25) is 0 Å². The van der Waals surface area contributed by atoms with E-state index in [1.54, 1.807) is 6.07 Å². The SMILES string of the molecule is Cc1ccoc1C(=O)N[C@H]1CCNC1. The zero-order valence-electron chi connectivity index (χ0n) is 8.17. The fraction of sp³-hybridized carbons (Fsp3) is 0.500. The van der Waals surface area contributed by atoms with E-state index in [4.69, 9.17) is 4.42 Å². The topological polar surface area (TPSA) is 54.3 Å². The van der Waals surface area contributed by atoms with Gasteiger partial charge in [-0.05, 0) is 26.0 Å². The number of rotatable bonds is 2. The molecule has 2 rings (SSSR count). The molecule has 76 valence electrons. The molecule has 0 aliphatic carbocycles. The Morgan fingerprint density at radius 1 is 1.71 bits per heavy atom. The molecule has 1 aromatic rings. The van der Waals surface area contributed by atoms with Crippen molar-refractivity contribution < 1.29 is 9.21 Å². The van der Waals surface area contributed by atoms with E-state index < -0.39 is 0 Å². The van der Waals surface area contributed by atoms with E-state index in [1.807, 2.05) is 6.92 Å². The maximum Gasteiger partial charge on any atom is 0.287 e. The summed E-state index contributed by atoms with van der Waals surface area (Å²) >= 11 is 0. The minimum atomic E-state index is -0.110. The minimum absolute atomic E-state index is 0.110. The van der Waals surface area contributed by atoms with Gasteiger partial charge in [-0.25, -0.2) is 0 Å². The van der Waals surface area contributed by atoms with Crippen LogP contribution in [0.1, 0.15) is 22.5 Å². The third-order valence-electron chi connectivity index (χ3n) is 2.46. The average Bonchev–Trinajstić information content (AvgIpc) is 2.75. The smallest absolute Gasteiger partial charge is 0.287 e. The Morgan fingerprint density at radius 3 is 3.14 bits per heavy atom. The predicted octanol–water partition coefficient (Wildman–Crippen LogP) is 0.680. The van der Waals surface area contributed by atoms with Crippen molar-refractivity contribution >= 4 is 5.91 Å². The molecule has 1 aromatic heterocycles. The van der Waals surface area contributed by atoms with E-state index in [9.17, 15) is 4.79 Å². The minimum Gasteiger partial charge on any atom is -0.459 e. The van der Waals surface area contributed by atoms with Crippen LogP contribution in [0.5, 0.6) is 0 Å². The van der Waals surface area contributed by atoms with Gasteiger partial charge in [-0.3, -0.25) is 4.79 Å². The highest BCUT2D eigenvalue weighted by atomic mass is 16.3. The molecule has 1 saturated heterocycles. The molecule has 1 atom stereocenters. The summed E-state index contributed by atoms with van der Waals surface area (Å²) in [6, 6.07) is 2.04. The van der Waals surface area contributed by atoms with Gasteiger partial charge in [0.1, 0.15) is 0 Å². The van der Waals surface area contributed by atoms with Crippen molar-refractivity contribution in [2.45, 2.75) is 19.4 Å². The van der Waals surface area contributed by atoms with E-state index in [-0.39, 0.29) is 11.9 Å². The lowest BCUT2D eigenvalue weighted by Crippen LogP contribution is -2.36. The van der Waals surface area contributed by atoms with Gasteiger partial charge in [0.2, 0.25) is 0 Å². The number of furan rings is 1. The quantitative estimate of drug-likeness (QED) is 0.728. The Balaban J connectivity index is 1.98. The molecule has 4 nitrogen and oxygen atoms in total. The van der Waals surface area contributed by atoms with Gasteiger partial charge >= 0.3 is 0 Å². The van der Waals surface area contributed by atoms with Crippen LogP contribution in [-0.2, 0) is 0 Å². The number of carbonyl (C=O) groups excluding carboxylic acids is 1. The van der Waals surface area contributed by atoms with Crippen molar-refractivity contribution in [3.05, 3.63) is 23.7 Å². The third kappa shape index (κ3) is 1.80. The van der Waals surface area contributed by atoms with Crippen LogP contribution in [-0.4, -0.2) is 25.0 Å². The number of nitrogens with one attached hydrogen (secondary N) is 2. The van der Waals surface area contributed by atoms with E-state index >= 15 is 0 Å². The van der Waals surface area contributed by atoms with Gasteiger partial charge in [0.15, 0.2) is 5.76 Å². The van der Waals surface area contributed by atoms with Crippen molar-refractivity contribution in [2.75, 3.05) is 13.1 Å². The molecular formula is C10H14N2O2. The first kappa shape index (κ1) is 9.27. The standard InChI is InChI=1S/C10H14N2O2/c1-7-3-5-14-9(7)10(13)12-8-2-4-11-6-8/h3,5,8,11H,2,4,6H2,1H3,(H,12,13)/t8-/m0/s1. The highest BCUT2D eigenvalue weighted by molar-refractivity contribution is 5.93. The van der Waals surface area contributed by atoms with E-state index in [2.05, 4.69) is 10.6 Å². The van der Waals surface area contributed by atoms with Crippen molar-refractivity contribution in [1.82, 2.24) is 10.6 Å². The second-order valence-corrected chi connectivity index (χ2v) is 3.60. The monoisotopic (exact) mass is 194 g/mol. The van der Waals surface area contributed by atoms with Gasteiger partial charge in [0.25, 0.3) is 5.91 Å². The zero-order chi connectivity index (χ0) is 9.97. The number of aryl methyl sites for hydroxylation is 1. The summed E-state index contributed by atoms with van der Waals surface area (Å²) in [7, 11) is 0. The zero-order valence-corrected chi connectivity index (χ0v) is 8.17. The molecule has 1 aliphatic rings. The van der Waals surface area contributed by atoms with Crippen LogP contribution in [0.15, 0.2) is 16.7 Å². The van der Waals surface area contributed by atoms with Crippen molar-refractivity contribution in [2.24, 2.45) is 0 Å². The molecule has 14 heavy (non-hydrogen) atoms. The first-order valence-corrected chi connectivity index (χ1v) is 4.83. The van der Waals surface area contributed by atoms with Crippen molar-refractivity contribution in [3.8, 4) is 0 Å². The molecule has 1 amide bonds. The van der Waals surface area contributed by atoms with Gasteiger partial charge < -0.3 is 15.1 Å². The average molecular weight is 194 g/mol. The Morgan fingerprint density at radius 2 is 2.57 bits per heavy atom. The lowest BCUT2D eigenvalue weighted by atomic mass is 10.2. The molecule has 0 bridgehead atoms. The number of amides is 1. The van der Waals surface area contributed by atoms with Crippen LogP contribution in [0.4, 0.5) is 0 Å². The summed E-state index contributed by atoms with van der Waals surface area (Å²) in [5.41, 5.74) is 0.883. The molecular weight excluding hydrogens is 180 g/mol.